The number of rotatable bonds is 10. The first kappa shape index (κ1) is 24.4. The number of nitrogens with zero attached hydrogens (tertiary/aromatic N) is 1. The molecule has 0 aliphatic carbocycles. The Labute approximate surface area is 195 Å². The summed E-state index contributed by atoms with van der Waals surface area (Å²) in [6.07, 6.45) is 3.10. The highest BCUT2D eigenvalue weighted by Crippen LogP contribution is 2.24. The second kappa shape index (κ2) is 10.2. The van der Waals surface area contributed by atoms with Crippen molar-refractivity contribution >= 4 is 20.0 Å². The van der Waals surface area contributed by atoms with Crippen LogP contribution in [0.15, 0.2) is 50.6 Å². The Morgan fingerprint density at radius 2 is 1.55 bits per heavy atom. The van der Waals surface area contributed by atoms with Gasteiger partial charge >= 0.3 is 0 Å². The Hall–Kier alpha value is -1.76. The van der Waals surface area contributed by atoms with Crippen molar-refractivity contribution in [1.29, 1.82) is 0 Å². The van der Waals surface area contributed by atoms with Crippen LogP contribution >= 0.6 is 0 Å². The Bertz CT molecular complexity index is 1130. The number of aryl methyl sites for hydroxylation is 1. The molecule has 2 fully saturated rings. The largest absolute Gasteiger partial charge is 0.465 e. The molecule has 1 aromatic carbocycles. The minimum Gasteiger partial charge on any atom is -0.465 e. The van der Waals surface area contributed by atoms with Gasteiger partial charge < -0.3 is 13.9 Å². The molecule has 0 radical (unpaired) electrons. The Kier molecular flexibility index (Phi) is 7.56. The third kappa shape index (κ3) is 6.03. The van der Waals surface area contributed by atoms with Crippen LogP contribution in [0.5, 0.6) is 0 Å². The van der Waals surface area contributed by atoms with Crippen molar-refractivity contribution in [2.45, 2.75) is 61.2 Å². The second-order valence-corrected chi connectivity index (χ2v) is 12.1. The van der Waals surface area contributed by atoms with E-state index in [0.29, 0.717) is 24.7 Å². The van der Waals surface area contributed by atoms with Crippen molar-refractivity contribution in [1.82, 2.24) is 9.03 Å². The summed E-state index contributed by atoms with van der Waals surface area (Å²) in [5.41, 5.74) is 0. The van der Waals surface area contributed by atoms with E-state index in [1.165, 1.54) is 28.6 Å². The Morgan fingerprint density at radius 1 is 0.909 bits per heavy atom. The molecule has 1 aromatic heterocycles. The second-order valence-electron chi connectivity index (χ2n) is 8.40. The fourth-order valence-electron chi connectivity index (χ4n) is 4.04. The monoisotopic (exact) mass is 498 g/mol. The van der Waals surface area contributed by atoms with E-state index in [2.05, 4.69) is 4.72 Å². The molecule has 9 nitrogen and oxygen atoms in total. The van der Waals surface area contributed by atoms with Crippen molar-refractivity contribution in [3.05, 3.63) is 47.9 Å². The number of benzene rings is 1. The van der Waals surface area contributed by atoms with E-state index in [4.69, 9.17) is 13.9 Å². The van der Waals surface area contributed by atoms with Gasteiger partial charge in [0.15, 0.2) is 0 Å². The van der Waals surface area contributed by atoms with Crippen LogP contribution in [0, 0.1) is 6.92 Å². The van der Waals surface area contributed by atoms with Crippen LogP contribution in [0.3, 0.4) is 0 Å². The zero-order chi connectivity index (χ0) is 23.5. The maximum atomic E-state index is 13.4. The first-order valence-corrected chi connectivity index (χ1v) is 14.0. The van der Waals surface area contributed by atoms with E-state index < -0.39 is 20.0 Å². The molecule has 1 N–H and O–H groups in total. The number of hydrogen-bond donors (Lipinski definition) is 1. The highest BCUT2D eigenvalue weighted by molar-refractivity contribution is 7.89. The smallest absolute Gasteiger partial charge is 0.243 e. The molecule has 182 valence electrons. The van der Waals surface area contributed by atoms with E-state index in [0.717, 1.165) is 25.7 Å². The average Bonchev–Trinajstić information content (AvgIpc) is 3.56. The van der Waals surface area contributed by atoms with Gasteiger partial charge in [-0.15, -0.1) is 0 Å². The van der Waals surface area contributed by atoms with Crippen molar-refractivity contribution in [2.75, 3.05) is 26.3 Å². The Balaban J connectivity index is 1.51. The summed E-state index contributed by atoms with van der Waals surface area (Å²) in [6, 6.07) is 8.81. The summed E-state index contributed by atoms with van der Waals surface area (Å²) < 4.78 is 72.7. The lowest BCUT2D eigenvalue weighted by molar-refractivity contribution is 0.0913. The van der Waals surface area contributed by atoms with Crippen LogP contribution in [0.4, 0.5) is 0 Å². The van der Waals surface area contributed by atoms with Gasteiger partial charge in [0, 0.05) is 26.3 Å². The normalized spacial score (nSPS) is 21.8. The molecule has 2 aromatic rings. The molecule has 33 heavy (non-hydrogen) atoms. The number of ether oxygens (including phenoxy) is 2. The quantitative estimate of drug-likeness (QED) is 0.535. The summed E-state index contributed by atoms with van der Waals surface area (Å²) in [5.74, 6) is 1.23. The fraction of sp³-hybridized carbons (Fsp3) is 0.545. The van der Waals surface area contributed by atoms with Crippen LogP contribution < -0.4 is 4.72 Å². The standard InChI is InChI=1S/C22H30N2O7S2/c1-17-6-7-20(31-17)16-24(15-19-5-3-13-30-19)33(27,28)22-10-8-21(9-11-22)32(25,26)23-14-18-4-2-12-29-18/h6-11,18-19,23H,2-5,12-16H2,1H3. The zero-order valence-electron chi connectivity index (χ0n) is 18.6. The molecule has 4 rings (SSSR count). The molecule has 2 saturated heterocycles. The van der Waals surface area contributed by atoms with Gasteiger partial charge in [0.05, 0.1) is 28.5 Å². The lowest BCUT2D eigenvalue weighted by atomic mass is 10.2. The minimum absolute atomic E-state index is 0.00628. The lowest BCUT2D eigenvalue weighted by Crippen LogP contribution is -2.37. The van der Waals surface area contributed by atoms with Crippen molar-refractivity contribution in [3.8, 4) is 0 Å². The predicted molar refractivity (Wildman–Crippen MR) is 121 cm³/mol. The highest BCUT2D eigenvalue weighted by Gasteiger charge is 2.30. The van der Waals surface area contributed by atoms with Gasteiger partial charge in [0.25, 0.3) is 0 Å². The summed E-state index contributed by atoms with van der Waals surface area (Å²) in [5, 5.41) is 0. The molecule has 0 spiro atoms. The van der Waals surface area contributed by atoms with E-state index in [-0.39, 0.29) is 41.6 Å². The number of nitrogens with one attached hydrogen (secondary N) is 1. The highest BCUT2D eigenvalue weighted by atomic mass is 32.2. The molecule has 0 bridgehead atoms. The molecule has 2 aliphatic rings. The van der Waals surface area contributed by atoms with Gasteiger partial charge in [0.1, 0.15) is 11.5 Å². The van der Waals surface area contributed by atoms with E-state index in [1.807, 2.05) is 0 Å². The van der Waals surface area contributed by atoms with Crippen LogP contribution in [-0.4, -0.2) is 59.7 Å². The predicted octanol–water partition coefficient (Wildman–Crippen LogP) is 2.42. The molecular formula is C22H30N2O7S2. The lowest BCUT2D eigenvalue weighted by Gasteiger charge is -2.24. The van der Waals surface area contributed by atoms with Gasteiger partial charge in [-0.3, -0.25) is 0 Å². The molecule has 2 atom stereocenters. The van der Waals surface area contributed by atoms with Crippen molar-refractivity contribution in [2.24, 2.45) is 0 Å². The fourth-order valence-corrected chi connectivity index (χ4v) is 6.54. The van der Waals surface area contributed by atoms with Gasteiger partial charge in [-0.25, -0.2) is 21.6 Å². The van der Waals surface area contributed by atoms with Crippen LogP contribution in [-0.2, 0) is 36.1 Å². The molecule has 0 saturated carbocycles. The SMILES string of the molecule is Cc1ccc(CN(CC2CCCO2)S(=O)(=O)c2ccc(S(=O)(=O)NCC3CCCO3)cc2)o1. The molecule has 0 amide bonds. The Morgan fingerprint density at radius 3 is 2.12 bits per heavy atom. The van der Waals surface area contributed by atoms with Crippen LogP contribution in [0.1, 0.15) is 37.2 Å². The van der Waals surface area contributed by atoms with E-state index in [1.54, 1.807) is 19.1 Å². The third-order valence-electron chi connectivity index (χ3n) is 5.86. The first-order valence-electron chi connectivity index (χ1n) is 11.1. The number of furan rings is 1. The van der Waals surface area contributed by atoms with E-state index in [9.17, 15) is 16.8 Å². The number of hydrogen-bond acceptors (Lipinski definition) is 7. The summed E-state index contributed by atoms with van der Waals surface area (Å²) in [4.78, 5) is 0.0219. The number of sulfonamides is 2. The summed E-state index contributed by atoms with van der Waals surface area (Å²) >= 11 is 0. The van der Waals surface area contributed by atoms with Gasteiger partial charge in [-0.1, -0.05) is 0 Å². The van der Waals surface area contributed by atoms with Crippen molar-refractivity contribution < 1.29 is 30.7 Å². The molecule has 11 heteroatoms. The maximum Gasteiger partial charge on any atom is 0.243 e. The molecule has 2 unspecified atom stereocenters. The summed E-state index contributed by atoms with van der Waals surface area (Å²) in [6.45, 7) is 3.52. The molecule has 3 heterocycles. The minimum atomic E-state index is -3.91. The van der Waals surface area contributed by atoms with Gasteiger partial charge in [-0.2, -0.15) is 4.31 Å². The molecule has 2 aliphatic heterocycles. The molecular weight excluding hydrogens is 468 g/mol. The topological polar surface area (TPSA) is 115 Å². The average molecular weight is 499 g/mol. The van der Waals surface area contributed by atoms with Crippen LogP contribution in [0.25, 0.3) is 0 Å². The maximum absolute atomic E-state index is 13.4. The van der Waals surface area contributed by atoms with Gasteiger partial charge in [0.2, 0.25) is 20.0 Å². The zero-order valence-corrected chi connectivity index (χ0v) is 20.2. The van der Waals surface area contributed by atoms with Crippen LogP contribution in [0.2, 0.25) is 0 Å². The first-order chi connectivity index (χ1) is 15.7. The third-order valence-corrected chi connectivity index (χ3v) is 9.12. The summed E-state index contributed by atoms with van der Waals surface area (Å²) in [7, 11) is -7.68. The van der Waals surface area contributed by atoms with Gasteiger partial charge in [-0.05, 0) is 69.0 Å². The van der Waals surface area contributed by atoms with E-state index >= 15 is 0 Å². The van der Waals surface area contributed by atoms with Crippen molar-refractivity contribution in [3.63, 3.8) is 0 Å².